The van der Waals surface area contributed by atoms with Gasteiger partial charge in [-0.15, -0.1) is 0 Å². The molecule has 7 heteroatoms. The maximum atomic E-state index is 14.1. The average Bonchev–Trinajstić information content (AvgIpc) is 2.97. The van der Waals surface area contributed by atoms with Crippen LogP contribution in [0.5, 0.6) is 0 Å². The van der Waals surface area contributed by atoms with Gasteiger partial charge in [-0.3, -0.25) is 0 Å². The molecule has 0 atom stereocenters. The van der Waals surface area contributed by atoms with Gasteiger partial charge in [0, 0.05) is 12.1 Å². The van der Waals surface area contributed by atoms with Crippen molar-refractivity contribution < 1.29 is 18.3 Å². The fraction of sp³-hybridized carbons (Fsp3) is 0.111. The Labute approximate surface area is 142 Å². The van der Waals surface area contributed by atoms with Crippen molar-refractivity contribution in [3.8, 4) is 5.69 Å². The Bertz CT molecular complexity index is 938. The van der Waals surface area contributed by atoms with E-state index in [1.165, 1.54) is 11.8 Å². The van der Waals surface area contributed by atoms with E-state index in [1.807, 2.05) is 0 Å². The highest BCUT2D eigenvalue weighted by atomic mass is 19.1. The normalized spacial score (nSPS) is 10.6. The van der Waals surface area contributed by atoms with Crippen LogP contribution in [0.15, 0.2) is 48.5 Å². The van der Waals surface area contributed by atoms with E-state index in [4.69, 9.17) is 4.74 Å². The molecule has 0 unspecified atom stereocenters. The molecule has 0 aliphatic heterocycles. The van der Waals surface area contributed by atoms with E-state index in [-0.39, 0.29) is 5.69 Å². The number of nitrogens with one attached hydrogen (secondary N) is 1. The predicted molar refractivity (Wildman–Crippen MR) is 89.3 cm³/mol. The van der Waals surface area contributed by atoms with Crippen molar-refractivity contribution in [1.82, 2.24) is 9.78 Å². The van der Waals surface area contributed by atoms with Crippen LogP contribution in [0.1, 0.15) is 16.1 Å². The molecule has 2 aromatic carbocycles. The molecule has 25 heavy (non-hydrogen) atoms. The molecule has 0 fully saturated rings. The number of para-hydroxylation sites is 1. The molecule has 128 valence electrons. The molecule has 3 rings (SSSR count). The summed E-state index contributed by atoms with van der Waals surface area (Å²) in [7, 11) is 1.29. The lowest BCUT2D eigenvalue weighted by Crippen LogP contribution is -2.09. The number of carbonyl (C=O) groups excluding carboxylic acids is 1. The molecule has 1 N–H and O–H groups in total. The summed E-state index contributed by atoms with van der Waals surface area (Å²) in [4.78, 5) is 11.9. The van der Waals surface area contributed by atoms with Crippen molar-refractivity contribution in [1.29, 1.82) is 0 Å². The number of anilines is 2. The van der Waals surface area contributed by atoms with Gasteiger partial charge >= 0.3 is 5.97 Å². The Kier molecular flexibility index (Phi) is 4.47. The molecule has 1 heterocycles. The van der Waals surface area contributed by atoms with E-state index in [0.29, 0.717) is 22.8 Å². The Morgan fingerprint density at radius 1 is 1.16 bits per heavy atom. The minimum Gasteiger partial charge on any atom is -0.465 e. The predicted octanol–water partition coefficient (Wildman–Crippen LogP) is 3.99. The zero-order chi connectivity index (χ0) is 18.0. The van der Waals surface area contributed by atoms with Gasteiger partial charge in [0.25, 0.3) is 0 Å². The van der Waals surface area contributed by atoms with Crippen LogP contribution in [-0.2, 0) is 4.74 Å². The van der Waals surface area contributed by atoms with Gasteiger partial charge in [0.05, 0.1) is 24.1 Å². The molecule has 0 bridgehead atoms. The van der Waals surface area contributed by atoms with Gasteiger partial charge in [0.1, 0.15) is 23.1 Å². The van der Waals surface area contributed by atoms with Crippen molar-refractivity contribution >= 4 is 17.5 Å². The van der Waals surface area contributed by atoms with E-state index in [0.717, 1.165) is 18.2 Å². The third-order valence-corrected chi connectivity index (χ3v) is 3.56. The summed E-state index contributed by atoms with van der Waals surface area (Å²) in [6.45, 7) is 1.73. The number of esters is 1. The molecule has 1 aromatic heterocycles. The molecule has 0 radical (unpaired) electrons. The second-order valence-electron chi connectivity index (χ2n) is 5.34. The molecule has 0 spiro atoms. The fourth-order valence-corrected chi connectivity index (χ4v) is 2.44. The van der Waals surface area contributed by atoms with Gasteiger partial charge in [0.15, 0.2) is 0 Å². The van der Waals surface area contributed by atoms with Gasteiger partial charge in [-0.05, 0) is 31.2 Å². The quantitative estimate of drug-likeness (QED) is 0.728. The van der Waals surface area contributed by atoms with Gasteiger partial charge in [-0.1, -0.05) is 12.1 Å². The van der Waals surface area contributed by atoms with Gasteiger partial charge in [-0.2, -0.15) is 5.10 Å². The molecule has 3 aromatic rings. The standard InChI is InChI=1S/C18H15F2N3O2/c1-11-9-17(21-15-6-4-3-5-13(15)18(24)25-2)23(22-11)16-10-12(19)7-8-14(16)20/h3-10,21H,1-2H3. The van der Waals surface area contributed by atoms with Crippen molar-refractivity contribution in [2.24, 2.45) is 0 Å². The minimum atomic E-state index is -0.617. The average molecular weight is 343 g/mol. The van der Waals surface area contributed by atoms with E-state index in [1.54, 1.807) is 37.3 Å². The van der Waals surface area contributed by atoms with Crippen LogP contribution in [0.25, 0.3) is 5.69 Å². The highest BCUT2D eigenvalue weighted by Gasteiger charge is 2.16. The van der Waals surface area contributed by atoms with E-state index >= 15 is 0 Å². The number of rotatable bonds is 4. The van der Waals surface area contributed by atoms with Crippen LogP contribution >= 0.6 is 0 Å². The maximum absolute atomic E-state index is 14.1. The maximum Gasteiger partial charge on any atom is 0.339 e. The molecule has 0 saturated heterocycles. The lowest BCUT2D eigenvalue weighted by atomic mass is 10.2. The number of carbonyl (C=O) groups is 1. The third kappa shape index (κ3) is 3.35. The van der Waals surface area contributed by atoms with Crippen LogP contribution in [0, 0.1) is 18.6 Å². The number of hydrogen-bond donors (Lipinski definition) is 1. The smallest absolute Gasteiger partial charge is 0.339 e. The van der Waals surface area contributed by atoms with Crippen LogP contribution in [0.3, 0.4) is 0 Å². The largest absolute Gasteiger partial charge is 0.465 e. The first-order chi connectivity index (χ1) is 12.0. The Morgan fingerprint density at radius 2 is 1.92 bits per heavy atom. The molecule has 5 nitrogen and oxygen atoms in total. The number of hydrogen-bond acceptors (Lipinski definition) is 4. The number of methoxy groups -OCH3 is 1. The van der Waals surface area contributed by atoms with Gasteiger partial charge in [-0.25, -0.2) is 18.3 Å². The van der Waals surface area contributed by atoms with Gasteiger partial charge < -0.3 is 10.1 Å². The summed E-state index contributed by atoms with van der Waals surface area (Å²) in [5.74, 6) is -1.32. The summed E-state index contributed by atoms with van der Waals surface area (Å²) in [5.41, 5.74) is 1.34. The number of aromatic nitrogens is 2. The van der Waals surface area contributed by atoms with E-state index in [2.05, 4.69) is 10.4 Å². The van der Waals surface area contributed by atoms with Gasteiger partial charge in [0.2, 0.25) is 0 Å². The second kappa shape index (κ2) is 6.72. The third-order valence-electron chi connectivity index (χ3n) is 3.56. The number of benzene rings is 2. The monoisotopic (exact) mass is 343 g/mol. The molecule has 0 saturated carbocycles. The summed E-state index contributed by atoms with van der Waals surface area (Å²) < 4.78 is 33.7. The molecular formula is C18H15F2N3O2. The molecule has 0 aliphatic carbocycles. The topological polar surface area (TPSA) is 56.1 Å². The SMILES string of the molecule is COC(=O)c1ccccc1Nc1cc(C)nn1-c1cc(F)ccc1F. The highest BCUT2D eigenvalue weighted by molar-refractivity contribution is 5.96. The second-order valence-corrected chi connectivity index (χ2v) is 5.34. The minimum absolute atomic E-state index is 0.0360. The molecular weight excluding hydrogens is 328 g/mol. The fourth-order valence-electron chi connectivity index (χ4n) is 2.44. The number of nitrogens with zero attached hydrogens (tertiary/aromatic N) is 2. The van der Waals surface area contributed by atoms with Crippen LogP contribution in [0.2, 0.25) is 0 Å². The lowest BCUT2D eigenvalue weighted by Gasteiger charge is -2.13. The number of halogens is 2. The molecule has 0 aliphatic rings. The van der Waals surface area contributed by atoms with Crippen molar-refractivity contribution in [2.75, 3.05) is 12.4 Å². The molecule has 0 amide bonds. The summed E-state index contributed by atoms with van der Waals surface area (Å²) in [6, 6.07) is 11.5. The Hall–Kier alpha value is -3.22. The van der Waals surface area contributed by atoms with Crippen molar-refractivity contribution in [2.45, 2.75) is 6.92 Å². The first-order valence-electron chi connectivity index (χ1n) is 7.46. The van der Waals surface area contributed by atoms with Crippen molar-refractivity contribution in [3.63, 3.8) is 0 Å². The first kappa shape index (κ1) is 16.6. The van der Waals surface area contributed by atoms with Crippen LogP contribution < -0.4 is 5.32 Å². The summed E-state index contributed by atoms with van der Waals surface area (Å²) in [5, 5.41) is 7.24. The first-order valence-corrected chi connectivity index (χ1v) is 7.46. The number of aryl methyl sites for hydroxylation is 1. The van der Waals surface area contributed by atoms with Crippen LogP contribution in [0.4, 0.5) is 20.3 Å². The Balaban J connectivity index is 2.06. The van der Waals surface area contributed by atoms with E-state index in [9.17, 15) is 13.6 Å². The zero-order valence-corrected chi connectivity index (χ0v) is 13.6. The lowest BCUT2D eigenvalue weighted by molar-refractivity contribution is 0.0602. The van der Waals surface area contributed by atoms with Crippen LogP contribution in [-0.4, -0.2) is 22.9 Å². The van der Waals surface area contributed by atoms with E-state index < -0.39 is 17.6 Å². The highest BCUT2D eigenvalue weighted by Crippen LogP contribution is 2.26. The zero-order valence-electron chi connectivity index (χ0n) is 13.6. The Morgan fingerprint density at radius 3 is 2.68 bits per heavy atom. The van der Waals surface area contributed by atoms with Crippen molar-refractivity contribution in [3.05, 3.63) is 71.4 Å². The summed E-state index contributed by atoms with van der Waals surface area (Å²) >= 11 is 0. The summed E-state index contributed by atoms with van der Waals surface area (Å²) in [6.07, 6.45) is 0. The number of ether oxygens (including phenoxy) is 1.